The van der Waals surface area contributed by atoms with Gasteiger partial charge in [-0.2, -0.15) is 0 Å². The number of carbonyl (C=O) groups is 1. The smallest absolute Gasteiger partial charge is 0.404 e. The molecule has 0 radical (unpaired) electrons. The van der Waals surface area contributed by atoms with Gasteiger partial charge in [0.2, 0.25) is 0 Å². The number of carboxylic acid groups (broad SMARTS) is 1. The van der Waals surface area contributed by atoms with Crippen LogP contribution >= 0.6 is 15.9 Å². The molecule has 3 N–H and O–H groups in total. The molecular formula is C13H16BrN3O4. The SMILES string of the molecule is C/C(CNC(=O)O)=C(/C)CNc1cccc(Br)c1[N+](=O)[O-]. The second-order valence-electron chi connectivity index (χ2n) is 4.47. The molecule has 0 aliphatic carbocycles. The maximum absolute atomic E-state index is 11.0. The van der Waals surface area contributed by atoms with Gasteiger partial charge in [0.15, 0.2) is 0 Å². The highest BCUT2D eigenvalue weighted by molar-refractivity contribution is 9.10. The monoisotopic (exact) mass is 357 g/mol. The molecule has 0 bridgehead atoms. The molecule has 1 aromatic rings. The lowest BCUT2D eigenvalue weighted by atomic mass is 10.1. The molecule has 0 aromatic heterocycles. The van der Waals surface area contributed by atoms with Crippen LogP contribution in [0.2, 0.25) is 0 Å². The Morgan fingerprint density at radius 3 is 2.52 bits per heavy atom. The van der Waals surface area contributed by atoms with Crippen molar-refractivity contribution < 1.29 is 14.8 Å². The Labute approximate surface area is 130 Å². The van der Waals surface area contributed by atoms with Gasteiger partial charge in [-0.3, -0.25) is 10.1 Å². The summed E-state index contributed by atoms with van der Waals surface area (Å²) in [6.45, 7) is 4.27. The zero-order chi connectivity index (χ0) is 16.0. The van der Waals surface area contributed by atoms with Crippen LogP contribution in [0, 0.1) is 10.1 Å². The Morgan fingerprint density at radius 2 is 1.95 bits per heavy atom. The number of nitro groups is 1. The molecule has 7 nitrogen and oxygen atoms in total. The van der Waals surface area contributed by atoms with Gasteiger partial charge in [-0.25, -0.2) is 4.79 Å². The number of hydrogen-bond donors (Lipinski definition) is 3. The quantitative estimate of drug-likeness (QED) is 0.411. The van der Waals surface area contributed by atoms with Crippen LogP contribution in [0.3, 0.4) is 0 Å². The first-order valence-corrected chi connectivity index (χ1v) is 6.91. The maximum Gasteiger partial charge on any atom is 0.404 e. The van der Waals surface area contributed by atoms with Crippen LogP contribution in [-0.2, 0) is 0 Å². The fraction of sp³-hybridized carbons (Fsp3) is 0.308. The van der Waals surface area contributed by atoms with E-state index in [0.717, 1.165) is 11.1 Å². The minimum absolute atomic E-state index is 0.0217. The Morgan fingerprint density at radius 1 is 1.33 bits per heavy atom. The molecule has 1 amide bonds. The van der Waals surface area contributed by atoms with Crippen molar-refractivity contribution in [3.63, 3.8) is 0 Å². The van der Waals surface area contributed by atoms with E-state index in [-0.39, 0.29) is 12.2 Å². The number of halogens is 1. The zero-order valence-electron chi connectivity index (χ0n) is 11.6. The van der Waals surface area contributed by atoms with Crippen LogP contribution in [0.5, 0.6) is 0 Å². The fourth-order valence-corrected chi connectivity index (χ4v) is 2.09. The van der Waals surface area contributed by atoms with Gasteiger partial charge in [-0.15, -0.1) is 0 Å². The van der Waals surface area contributed by atoms with Gasteiger partial charge in [0.05, 0.1) is 9.40 Å². The number of anilines is 1. The molecule has 0 aliphatic rings. The summed E-state index contributed by atoms with van der Waals surface area (Å²) in [5.41, 5.74) is 2.17. The van der Waals surface area contributed by atoms with Crippen molar-refractivity contribution in [1.82, 2.24) is 5.32 Å². The first kappa shape index (κ1) is 17.0. The van der Waals surface area contributed by atoms with Gasteiger partial charge in [0.1, 0.15) is 5.69 Å². The molecule has 0 aliphatic heterocycles. The third kappa shape index (κ3) is 5.07. The molecular weight excluding hydrogens is 342 g/mol. The summed E-state index contributed by atoms with van der Waals surface area (Å²) < 4.78 is 0.406. The van der Waals surface area contributed by atoms with Crippen molar-refractivity contribution in [1.29, 1.82) is 0 Å². The van der Waals surface area contributed by atoms with E-state index < -0.39 is 11.0 Å². The van der Waals surface area contributed by atoms with E-state index in [1.807, 2.05) is 13.8 Å². The van der Waals surface area contributed by atoms with E-state index in [9.17, 15) is 14.9 Å². The number of amides is 1. The van der Waals surface area contributed by atoms with Crippen LogP contribution in [0.1, 0.15) is 13.8 Å². The molecule has 0 unspecified atom stereocenters. The minimum Gasteiger partial charge on any atom is -0.465 e. The summed E-state index contributed by atoms with van der Waals surface area (Å²) in [7, 11) is 0. The lowest BCUT2D eigenvalue weighted by molar-refractivity contribution is -0.384. The number of benzene rings is 1. The van der Waals surface area contributed by atoms with E-state index >= 15 is 0 Å². The highest BCUT2D eigenvalue weighted by atomic mass is 79.9. The molecule has 0 heterocycles. The Balaban J connectivity index is 2.80. The first-order chi connectivity index (χ1) is 9.82. The molecule has 114 valence electrons. The third-order valence-corrected chi connectivity index (χ3v) is 3.59. The van der Waals surface area contributed by atoms with Crippen molar-refractivity contribution in [2.45, 2.75) is 13.8 Å². The number of hydrogen-bond acceptors (Lipinski definition) is 4. The average molecular weight is 358 g/mol. The summed E-state index contributed by atoms with van der Waals surface area (Å²) in [4.78, 5) is 21.0. The Bertz CT molecular complexity index is 587. The summed E-state index contributed by atoms with van der Waals surface area (Å²) >= 11 is 3.16. The molecule has 21 heavy (non-hydrogen) atoms. The van der Waals surface area contributed by atoms with E-state index in [1.54, 1.807) is 18.2 Å². The fourth-order valence-electron chi connectivity index (χ4n) is 1.58. The summed E-state index contributed by atoms with van der Waals surface area (Å²) in [6, 6.07) is 4.94. The summed E-state index contributed by atoms with van der Waals surface area (Å²) in [5.74, 6) is 0. The Hall–Kier alpha value is -2.09. The average Bonchev–Trinajstić information content (AvgIpc) is 2.41. The molecule has 1 aromatic carbocycles. The van der Waals surface area contributed by atoms with Crippen molar-refractivity contribution in [2.24, 2.45) is 0 Å². The normalized spacial score (nSPS) is 11.6. The van der Waals surface area contributed by atoms with Crippen molar-refractivity contribution in [2.75, 3.05) is 18.4 Å². The summed E-state index contributed by atoms with van der Waals surface area (Å²) in [5, 5.41) is 24.9. The van der Waals surface area contributed by atoms with Crippen LogP contribution < -0.4 is 10.6 Å². The van der Waals surface area contributed by atoms with Gasteiger partial charge < -0.3 is 15.7 Å². The highest BCUT2D eigenvalue weighted by Gasteiger charge is 2.17. The van der Waals surface area contributed by atoms with Gasteiger partial charge in [0, 0.05) is 13.1 Å². The van der Waals surface area contributed by atoms with Crippen molar-refractivity contribution in [3.05, 3.63) is 43.9 Å². The van der Waals surface area contributed by atoms with Gasteiger partial charge in [0.25, 0.3) is 0 Å². The molecule has 0 saturated carbocycles. The second-order valence-corrected chi connectivity index (χ2v) is 5.32. The lowest BCUT2D eigenvalue weighted by Crippen LogP contribution is -2.23. The minimum atomic E-state index is -1.09. The summed E-state index contributed by atoms with van der Waals surface area (Å²) in [6.07, 6.45) is -1.09. The zero-order valence-corrected chi connectivity index (χ0v) is 13.2. The number of nitrogens with one attached hydrogen (secondary N) is 2. The maximum atomic E-state index is 11.0. The predicted octanol–water partition coefficient (Wildman–Crippen LogP) is 3.37. The highest BCUT2D eigenvalue weighted by Crippen LogP contribution is 2.32. The molecule has 8 heteroatoms. The van der Waals surface area contributed by atoms with Gasteiger partial charge >= 0.3 is 11.8 Å². The van der Waals surface area contributed by atoms with Gasteiger partial charge in [-0.05, 0) is 41.9 Å². The van der Waals surface area contributed by atoms with Crippen molar-refractivity contribution >= 4 is 33.4 Å². The van der Waals surface area contributed by atoms with E-state index in [2.05, 4.69) is 26.6 Å². The van der Waals surface area contributed by atoms with Crippen LogP contribution in [0.4, 0.5) is 16.2 Å². The number of para-hydroxylation sites is 1. The largest absolute Gasteiger partial charge is 0.465 e. The van der Waals surface area contributed by atoms with Crippen LogP contribution in [0.15, 0.2) is 33.8 Å². The third-order valence-electron chi connectivity index (χ3n) is 2.95. The molecule has 1 rings (SSSR count). The molecule has 0 fully saturated rings. The van der Waals surface area contributed by atoms with Crippen LogP contribution in [-0.4, -0.2) is 29.2 Å². The second kappa shape index (κ2) is 7.63. The number of nitrogens with zero attached hydrogens (tertiary/aromatic N) is 1. The number of rotatable bonds is 6. The first-order valence-electron chi connectivity index (χ1n) is 6.11. The van der Waals surface area contributed by atoms with E-state index in [4.69, 9.17) is 5.11 Å². The van der Waals surface area contributed by atoms with E-state index in [0.29, 0.717) is 16.7 Å². The van der Waals surface area contributed by atoms with Gasteiger partial charge in [-0.1, -0.05) is 17.2 Å². The molecule has 0 spiro atoms. The number of nitro benzene ring substituents is 1. The lowest BCUT2D eigenvalue weighted by Gasteiger charge is -2.11. The topological polar surface area (TPSA) is 104 Å². The van der Waals surface area contributed by atoms with Crippen LogP contribution in [0.25, 0.3) is 0 Å². The standard InChI is InChI=1S/C13H16BrN3O4/c1-8(9(2)7-16-13(18)19)6-15-11-5-3-4-10(14)12(11)17(20)21/h3-5,15-16H,6-7H2,1-2H3,(H,18,19)/b9-8+. The Kier molecular flexibility index (Phi) is 6.16. The van der Waals surface area contributed by atoms with E-state index in [1.165, 1.54) is 0 Å². The molecule has 0 saturated heterocycles. The van der Waals surface area contributed by atoms with Crippen molar-refractivity contribution in [3.8, 4) is 0 Å². The predicted molar refractivity (Wildman–Crippen MR) is 83.7 cm³/mol. The molecule has 0 atom stereocenters.